The second-order valence-corrected chi connectivity index (χ2v) is 8.50. The van der Waals surface area contributed by atoms with Crippen molar-refractivity contribution >= 4 is 17.4 Å². The zero-order chi connectivity index (χ0) is 22.3. The first-order valence-electron chi connectivity index (χ1n) is 11.3. The van der Waals surface area contributed by atoms with Crippen LogP contribution in [-0.2, 0) is 11.2 Å². The quantitative estimate of drug-likeness (QED) is 0.587. The van der Waals surface area contributed by atoms with E-state index in [0.717, 1.165) is 49.4 Å². The molecule has 1 amide bonds. The lowest BCUT2D eigenvalue weighted by molar-refractivity contribution is -0.120. The lowest BCUT2D eigenvalue weighted by Gasteiger charge is -2.31. The summed E-state index contributed by atoms with van der Waals surface area (Å²) < 4.78 is 0. The van der Waals surface area contributed by atoms with Crippen molar-refractivity contribution in [1.29, 1.82) is 0 Å². The van der Waals surface area contributed by atoms with Crippen LogP contribution in [0.4, 0.5) is 11.5 Å². The molecular weight excluding hydrogens is 398 g/mol. The molecule has 166 valence electrons. The zero-order valence-corrected chi connectivity index (χ0v) is 18.8. The SMILES string of the molecule is CC(C(=O)Nc1ccccc1Cc1ccccc1)N(C)CC1CCCN1c1cccnn1. The minimum absolute atomic E-state index is 0.0112. The number of likely N-dealkylation sites (N-methyl/N-ethyl adjacent to an activating group) is 1. The number of para-hydroxylation sites is 1. The summed E-state index contributed by atoms with van der Waals surface area (Å²) in [6.07, 6.45) is 4.71. The molecular formula is C26H31N5O. The van der Waals surface area contributed by atoms with E-state index >= 15 is 0 Å². The van der Waals surface area contributed by atoms with Crippen molar-refractivity contribution in [1.82, 2.24) is 15.1 Å². The molecule has 0 bridgehead atoms. The largest absolute Gasteiger partial charge is 0.351 e. The second-order valence-electron chi connectivity index (χ2n) is 8.50. The summed E-state index contributed by atoms with van der Waals surface area (Å²) in [6, 6.07) is 22.4. The van der Waals surface area contributed by atoms with Crippen LogP contribution in [-0.4, -0.2) is 53.2 Å². The van der Waals surface area contributed by atoms with Crippen molar-refractivity contribution in [2.45, 2.75) is 38.3 Å². The lowest BCUT2D eigenvalue weighted by Crippen LogP contribution is -2.46. The molecule has 0 spiro atoms. The van der Waals surface area contributed by atoms with Crippen LogP contribution in [0.5, 0.6) is 0 Å². The van der Waals surface area contributed by atoms with E-state index in [0.29, 0.717) is 6.04 Å². The molecule has 0 saturated carbocycles. The maximum atomic E-state index is 13.1. The zero-order valence-electron chi connectivity index (χ0n) is 18.8. The third-order valence-corrected chi connectivity index (χ3v) is 6.28. The number of carbonyl (C=O) groups is 1. The topological polar surface area (TPSA) is 61.4 Å². The van der Waals surface area contributed by atoms with E-state index in [2.05, 4.69) is 43.5 Å². The number of carbonyl (C=O) groups excluding carboxylic acids is 1. The average molecular weight is 430 g/mol. The fourth-order valence-corrected chi connectivity index (χ4v) is 4.31. The molecule has 1 fully saturated rings. The Morgan fingerprint density at radius 2 is 1.91 bits per heavy atom. The van der Waals surface area contributed by atoms with E-state index in [4.69, 9.17) is 0 Å². The number of nitrogens with zero attached hydrogens (tertiary/aromatic N) is 4. The summed E-state index contributed by atoms with van der Waals surface area (Å²) in [4.78, 5) is 17.5. The van der Waals surface area contributed by atoms with Crippen molar-refractivity contribution in [3.63, 3.8) is 0 Å². The van der Waals surface area contributed by atoms with E-state index in [1.165, 1.54) is 5.56 Å². The molecule has 2 heterocycles. The monoisotopic (exact) mass is 429 g/mol. The predicted octanol–water partition coefficient (Wildman–Crippen LogP) is 4.00. The van der Waals surface area contributed by atoms with Crippen molar-refractivity contribution in [2.75, 3.05) is 30.4 Å². The third kappa shape index (κ3) is 5.32. The van der Waals surface area contributed by atoms with Crippen molar-refractivity contribution in [2.24, 2.45) is 0 Å². The van der Waals surface area contributed by atoms with Crippen LogP contribution in [0, 0.1) is 0 Å². The Hall–Kier alpha value is -3.25. The van der Waals surface area contributed by atoms with Crippen LogP contribution in [0.25, 0.3) is 0 Å². The standard InChI is InChI=1S/C26H31N5O/c1-20(30(2)19-23-13-9-17-31(23)25-15-8-16-27-29-25)26(32)28-24-14-7-6-12-22(24)18-21-10-4-3-5-11-21/h3-8,10-12,14-16,20,23H,9,13,17-19H2,1-2H3,(H,28,32). The Kier molecular flexibility index (Phi) is 7.12. The molecule has 2 atom stereocenters. The van der Waals surface area contributed by atoms with Gasteiger partial charge in [0.15, 0.2) is 5.82 Å². The minimum Gasteiger partial charge on any atom is -0.351 e. The van der Waals surface area contributed by atoms with Gasteiger partial charge in [0.25, 0.3) is 0 Å². The number of nitrogens with one attached hydrogen (secondary N) is 1. The molecule has 4 rings (SSSR count). The Balaban J connectivity index is 1.39. The van der Waals surface area contributed by atoms with Gasteiger partial charge in [-0.3, -0.25) is 9.69 Å². The first kappa shape index (κ1) is 22.0. The molecule has 2 unspecified atom stereocenters. The molecule has 1 aromatic heterocycles. The predicted molar refractivity (Wildman–Crippen MR) is 129 cm³/mol. The van der Waals surface area contributed by atoms with Gasteiger partial charge in [0.2, 0.25) is 5.91 Å². The highest BCUT2D eigenvalue weighted by atomic mass is 16.2. The molecule has 1 aliphatic heterocycles. The minimum atomic E-state index is -0.246. The molecule has 1 N–H and O–H groups in total. The molecule has 3 aromatic rings. The summed E-state index contributed by atoms with van der Waals surface area (Å²) in [7, 11) is 2.02. The van der Waals surface area contributed by atoms with Crippen LogP contribution in [0.15, 0.2) is 72.9 Å². The second kappa shape index (κ2) is 10.4. The van der Waals surface area contributed by atoms with E-state index in [1.807, 2.05) is 62.5 Å². The highest BCUT2D eigenvalue weighted by Crippen LogP contribution is 2.24. The molecule has 1 aliphatic rings. The van der Waals surface area contributed by atoms with Crippen LogP contribution in [0.3, 0.4) is 0 Å². The Labute approximate surface area is 190 Å². The van der Waals surface area contributed by atoms with E-state index in [9.17, 15) is 4.79 Å². The number of benzene rings is 2. The molecule has 0 aliphatic carbocycles. The van der Waals surface area contributed by atoms with Gasteiger partial charge in [0, 0.05) is 31.0 Å². The maximum Gasteiger partial charge on any atom is 0.241 e. The fourth-order valence-electron chi connectivity index (χ4n) is 4.31. The number of amides is 1. The summed E-state index contributed by atoms with van der Waals surface area (Å²) in [6.45, 7) is 3.75. The van der Waals surface area contributed by atoms with Crippen LogP contribution in [0.1, 0.15) is 30.9 Å². The van der Waals surface area contributed by atoms with E-state index in [1.54, 1.807) is 6.20 Å². The first-order valence-corrected chi connectivity index (χ1v) is 11.3. The Morgan fingerprint density at radius 3 is 2.69 bits per heavy atom. The van der Waals surface area contributed by atoms with Gasteiger partial charge in [-0.15, -0.1) is 5.10 Å². The van der Waals surface area contributed by atoms with Crippen molar-refractivity contribution < 1.29 is 4.79 Å². The highest BCUT2D eigenvalue weighted by Gasteiger charge is 2.29. The van der Waals surface area contributed by atoms with Gasteiger partial charge in [-0.1, -0.05) is 48.5 Å². The Bertz CT molecular complexity index is 1010. The lowest BCUT2D eigenvalue weighted by atomic mass is 10.0. The molecule has 0 radical (unpaired) electrons. The van der Waals surface area contributed by atoms with Crippen molar-refractivity contribution in [3.05, 3.63) is 84.1 Å². The number of hydrogen-bond acceptors (Lipinski definition) is 5. The number of anilines is 2. The fraction of sp³-hybridized carbons (Fsp3) is 0.346. The number of hydrogen-bond donors (Lipinski definition) is 1. The summed E-state index contributed by atoms with van der Waals surface area (Å²) >= 11 is 0. The summed E-state index contributed by atoms with van der Waals surface area (Å²) in [5.74, 6) is 0.924. The molecule has 6 nitrogen and oxygen atoms in total. The smallest absolute Gasteiger partial charge is 0.241 e. The Morgan fingerprint density at radius 1 is 1.12 bits per heavy atom. The summed E-state index contributed by atoms with van der Waals surface area (Å²) in [5.41, 5.74) is 3.22. The normalized spacial score (nSPS) is 16.8. The van der Waals surface area contributed by atoms with Gasteiger partial charge in [0.05, 0.1) is 6.04 Å². The summed E-state index contributed by atoms with van der Waals surface area (Å²) in [5, 5.41) is 11.5. The first-order chi connectivity index (χ1) is 15.6. The highest BCUT2D eigenvalue weighted by molar-refractivity contribution is 5.95. The molecule has 2 aromatic carbocycles. The van der Waals surface area contributed by atoms with Crippen LogP contribution in [0.2, 0.25) is 0 Å². The number of aromatic nitrogens is 2. The molecule has 6 heteroatoms. The van der Waals surface area contributed by atoms with Gasteiger partial charge in [0.1, 0.15) is 0 Å². The van der Waals surface area contributed by atoms with Gasteiger partial charge in [-0.05, 0) is 62.6 Å². The third-order valence-electron chi connectivity index (χ3n) is 6.28. The van der Waals surface area contributed by atoms with Crippen molar-refractivity contribution in [3.8, 4) is 0 Å². The molecule has 1 saturated heterocycles. The van der Waals surface area contributed by atoms with Crippen LogP contribution < -0.4 is 10.2 Å². The maximum absolute atomic E-state index is 13.1. The van der Waals surface area contributed by atoms with Gasteiger partial charge in [-0.25, -0.2) is 0 Å². The van der Waals surface area contributed by atoms with Gasteiger partial charge in [-0.2, -0.15) is 5.10 Å². The van der Waals surface area contributed by atoms with Gasteiger partial charge < -0.3 is 10.2 Å². The number of rotatable bonds is 8. The van der Waals surface area contributed by atoms with E-state index < -0.39 is 0 Å². The van der Waals surface area contributed by atoms with Gasteiger partial charge >= 0.3 is 0 Å². The molecule has 32 heavy (non-hydrogen) atoms. The van der Waals surface area contributed by atoms with Crippen LogP contribution >= 0.6 is 0 Å². The van der Waals surface area contributed by atoms with E-state index in [-0.39, 0.29) is 11.9 Å². The average Bonchev–Trinajstić information content (AvgIpc) is 3.29.